The van der Waals surface area contributed by atoms with Crippen LogP contribution in [0, 0.1) is 13.8 Å². The largest absolute Gasteiger partial charge is 0.335 e. The molecule has 5 nitrogen and oxygen atoms in total. The van der Waals surface area contributed by atoms with E-state index in [-0.39, 0.29) is 5.56 Å². The van der Waals surface area contributed by atoms with Gasteiger partial charge in [-0.25, -0.2) is 4.98 Å². The maximum Gasteiger partial charge on any atom is 0.252 e. The molecule has 1 unspecified atom stereocenters. The van der Waals surface area contributed by atoms with Crippen LogP contribution in [-0.2, 0) is 13.1 Å². The van der Waals surface area contributed by atoms with Gasteiger partial charge in [-0.15, -0.1) is 0 Å². The summed E-state index contributed by atoms with van der Waals surface area (Å²) in [7, 11) is 0. The Morgan fingerprint density at radius 1 is 1.22 bits per heavy atom. The lowest BCUT2D eigenvalue weighted by Crippen LogP contribution is -2.40. The molecule has 1 aliphatic rings. The highest BCUT2D eigenvalue weighted by molar-refractivity contribution is 5.79. The molecule has 5 heteroatoms. The van der Waals surface area contributed by atoms with Crippen molar-refractivity contribution < 1.29 is 0 Å². The molecule has 4 rings (SSSR count). The molecule has 0 radical (unpaired) electrons. The fourth-order valence-electron chi connectivity index (χ4n) is 4.23. The van der Waals surface area contributed by atoms with Gasteiger partial charge in [-0.3, -0.25) is 9.69 Å². The molecule has 0 spiro atoms. The first-order chi connectivity index (χ1) is 13.1. The van der Waals surface area contributed by atoms with Crippen LogP contribution in [0.4, 0.5) is 0 Å². The highest BCUT2D eigenvalue weighted by Gasteiger charge is 2.23. The summed E-state index contributed by atoms with van der Waals surface area (Å²) < 4.78 is 2.22. The highest BCUT2D eigenvalue weighted by atomic mass is 16.1. The molecule has 1 atom stereocenters. The number of nitrogens with zero attached hydrogens (tertiary/aromatic N) is 3. The minimum Gasteiger partial charge on any atom is -0.335 e. The SMILES string of the molecule is Cc1ccc2[nH]c(=O)c(CN3CCCCC3CCn3ccnc3C)cc2c1. The monoisotopic (exact) mass is 364 g/mol. The maximum absolute atomic E-state index is 12.6. The van der Waals surface area contributed by atoms with Crippen LogP contribution in [0.2, 0.25) is 0 Å². The lowest BCUT2D eigenvalue weighted by molar-refractivity contribution is 0.127. The summed E-state index contributed by atoms with van der Waals surface area (Å²) in [5, 5.41) is 1.12. The lowest BCUT2D eigenvalue weighted by atomic mass is 9.98. The van der Waals surface area contributed by atoms with Crippen molar-refractivity contribution in [3.63, 3.8) is 0 Å². The molecule has 0 bridgehead atoms. The van der Waals surface area contributed by atoms with E-state index in [9.17, 15) is 4.79 Å². The van der Waals surface area contributed by atoms with Crippen molar-refractivity contribution in [1.29, 1.82) is 0 Å². The number of pyridine rings is 1. The van der Waals surface area contributed by atoms with E-state index in [2.05, 4.69) is 51.6 Å². The number of aromatic amines is 1. The minimum absolute atomic E-state index is 0.0427. The predicted octanol–water partition coefficient (Wildman–Crippen LogP) is 3.79. The molecular formula is C22H28N4O. The van der Waals surface area contributed by atoms with Crippen LogP contribution in [0.15, 0.2) is 41.5 Å². The smallest absolute Gasteiger partial charge is 0.252 e. The van der Waals surface area contributed by atoms with Crippen LogP contribution in [0.5, 0.6) is 0 Å². The molecule has 0 aliphatic carbocycles. The molecule has 2 aromatic heterocycles. The predicted molar refractivity (Wildman–Crippen MR) is 109 cm³/mol. The molecule has 142 valence electrons. The van der Waals surface area contributed by atoms with Crippen molar-refractivity contribution in [2.24, 2.45) is 0 Å². The fourth-order valence-corrected chi connectivity index (χ4v) is 4.23. The molecule has 0 saturated carbocycles. The Morgan fingerprint density at radius 3 is 2.93 bits per heavy atom. The summed E-state index contributed by atoms with van der Waals surface area (Å²) in [5.74, 6) is 1.07. The van der Waals surface area contributed by atoms with E-state index in [1.807, 2.05) is 18.3 Å². The molecule has 0 amide bonds. The Labute approximate surface area is 160 Å². The highest BCUT2D eigenvalue weighted by Crippen LogP contribution is 2.23. The molecule has 3 aromatic rings. The summed E-state index contributed by atoms with van der Waals surface area (Å²) >= 11 is 0. The number of likely N-dealkylation sites (tertiary alicyclic amines) is 1. The van der Waals surface area contributed by atoms with Gasteiger partial charge < -0.3 is 9.55 Å². The normalized spacial score (nSPS) is 18.2. The zero-order valence-electron chi connectivity index (χ0n) is 16.2. The number of H-pyrrole nitrogens is 1. The number of piperidine rings is 1. The van der Waals surface area contributed by atoms with E-state index in [0.717, 1.165) is 48.3 Å². The number of imidazole rings is 1. The standard InChI is InChI=1S/C22H28N4O/c1-16-6-7-21-18(13-16)14-19(22(27)24-21)15-26-10-4-3-5-20(26)8-11-25-12-9-23-17(25)2/h6-7,9,12-14,20H,3-5,8,10-11,15H2,1-2H3,(H,24,27). The van der Waals surface area contributed by atoms with Crippen molar-refractivity contribution in [2.75, 3.05) is 6.54 Å². The fraction of sp³-hybridized carbons (Fsp3) is 0.455. The Morgan fingerprint density at radius 2 is 2.11 bits per heavy atom. The summed E-state index contributed by atoms with van der Waals surface area (Å²) in [6.45, 7) is 6.92. The van der Waals surface area contributed by atoms with Gasteiger partial charge in [0.1, 0.15) is 5.82 Å². The number of aromatic nitrogens is 3. The van der Waals surface area contributed by atoms with Gasteiger partial charge in [0.15, 0.2) is 0 Å². The number of rotatable bonds is 5. The molecule has 3 heterocycles. The second-order valence-corrected chi connectivity index (χ2v) is 7.79. The van der Waals surface area contributed by atoms with Crippen molar-refractivity contribution in [2.45, 2.75) is 58.7 Å². The van der Waals surface area contributed by atoms with Gasteiger partial charge in [-0.2, -0.15) is 0 Å². The van der Waals surface area contributed by atoms with Crippen LogP contribution in [0.25, 0.3) is 10.9 Å². The van der Waals surface area contributed by atoms with E-state index in [4.69, 9.17) is 0 Å². The van der Waals surface area contributed by atoms with Crippen LogP contribution >= 0.6 is 0 Å². The Kier molecular flexibility index (Phi) is 5.12. The first-order valence-electron chi connectivity index (χ1n) is 9.94. The molecule has 27 heavy (non-hydrogen) atoms. The van der Waals surface area contributed by atoms with Crippen molar-refractivity contribution >= 4 is 10.9 Å². The quantitative estimate of drug-likeness (QED) is 0.749. The Bertz CT molecular complexity index is 987. The van der Waals surface area contributed by atoms with E-state index in [1.165, 1.54) is 24.8 Å². The van der Waals surface area contributed by atoms with Gasteiger partial charge >= 0.3 is 0 Å². The van der Waals surface area contributed by atoms with Crippen LogP contribution < -0.4 is 5.56 Å². The van der Waals surface area contributed by atoms with Crippen molar-refractivity contribution in [3.05, 3.63) is 64.0 Å². The van der Waals surface area contributed by atoms with Crippen LogP contribution in [0.3, 0.4) is 0 Å². The third-order valence-corrected chi connectivity index (χ3v) is 5.83. The molecule has 1 saturated heterocycles. The first kappa shape index (κ1) is 18.0. The topological polar surface area (TPSA) is 53.9 Å². The molecular weight excluding hydrogens is 336 g/mol. The van der Waals surface area contributed by atoms with Gasteiger partial charge in [-0.05, 0) is 63.2 Å². The third-order valence-electron chi connectivity index (χ3n) is 5.83. The van der Waals surface area contributed by atoms with E-state index in [1.54, 1.807) is 0 Å². The van der Waals surface area contributed by atoms with E-state index >= 15 is 0 Å². The van der Waals surface area contributed by atoms with E-state index in [0.29, 0.717) is 6.04 Å². The van der Waals surface area contributed by atoms with Gasteiger partial charge in [-0.1, -0.05) is 18.1 Å². The summed E-state index contributed by atoms with van der Waals surface area (Å²) in [6, 6.07) is 8.77. The zero-order chi connectivity index (χ0) is 18.8. The van der Waals surface area contributed by atoms with Gasteiger partial charge in [0.25, 0.3) is 5.56 Å². The molecule has 1 aliphatic heterocycles. The minimum atomic E-state index is 0.0427. The molecule has 1 aromatic carbocycles. The third kappa shape index (κ3) is 3.98. The molecule has 1 fully saturated rings. The van der Waals surface area contributed by atoms with Gasteiger partial charge in [0.05, 0.1) is 0 Å². The maximum atomic E-state index is 12.6. The van der Waals surface area contributed by atoms with Gasteiger partial charge in [0.2, 0.25) is 0 Å². The summed E-state index contributed by atoms with van der Waals surface area (Å²) in [5.41, 5.74) is 3.05. The lowest BCUT2D eigenvalue weighted by Gasteiger charge is -2.35. The second kappa shape index (κ2) is 7.69. The van der Waals surface area contributed by atoms with Crippen molar-refractivity contribution in [1.82, 2.24) is 19.4 Å². The van der Waals surface area contributed by atoms with E-state index < -0.39 is 0 Å². The second-order valence-electron chi connectivity index (χ2n) is 7.79. The average Bonchev–Trinajstić information content (AvgIpc) is 3.07. The number of benzene rings is 1. The van der Waals surface area contributed by atoms with Crippen molar-refractivity contribution in [3.8, 4) is 0 Å². The molecule has 1 N–H and O–H groups in total. The summed E-state index contributed by atoms with van der Waals surface area (Å²) in [6.07, 6.45) is 8.71. The number of fused-ring (bicyclic) bond motifs is 1. The zero-order valence-corrected chi connectivity index (χ0v) is 16.2. The van der Waals surface area contributed by atoms with Crippen LogP contribution in [-0.4, -0.2) is 32.0 Å². The van der Waals surface area contributed by atoms with Gasteiger partial charge in [0, 0.05) is 42.6 Å². The number of aryl methyl sites for hydroxylation is 3. The number of hydrogen-bond donors (Lipinski definition) is 1. The number of nitrogens with one attached hydrogen (secondary N) is 1. The number of hydrogen-bond acceptors (Lipinski definition) is 3. The Balaban J connectivity index is 1.52. The Hall–Kier alpha value is -2.40. The summed E-state index contributed by atoms with van der Waals surface area (Å²) in [4.78, 5) is 22.5. The average molecular weight is 364 g/mol. The van der Waals surface area contributed by atoms with Crippen LogP contribution in [0.1, 0.15) is 42.6 Å². The first-order valence-corrected chi connectivity index (χ1v) is 9.94.